The Kier molecular flexibility index (Phi) is 5.50. The molecule has 2 aromatic carbocycles. The SMILES string of the molecule is NC1CCCN(C(=O)c2ccc(Cl)cc2NS(=O)(=O)c2ccccc2)C1. The van der Waals surface area contributed by atoms with E-state index in [0.29, 0.717) is 18.1 Å². The molecule has 1 unspecified atom stereocenters. The van der Waals surface area contributed by atoms with Crippen molar-refractivity contribution in [2.24, 2.45) is 5.73 Å². The first-order valence-corrected chi connectivity index (χ1v) is 10.2. The Morgan fingerprint density at radius 1 is 1.19 bits per heavy atom. The maximum Gasteiger partial charge on any atom is 0.261 e. The van der Waals surface area contributed by atoms with Crippen LogP contribution in [0.1, 0.15) is 23.2 Å². The average Bonchev–Trinajstić information content (AvgIpc) is 2.62. The van der Waals surface area contributed by atoms with Gasteiger partial charge < -0.3 is 10.6 Å². The second-order valence-electron chi connectivity index (χ2n) is 6.26. The molecule has 1 atom stereocenters. The molecular formula is C18H20ClN3O3S. The fourth-order valence-corrected chi connectivity index (χ4v) is 4.22. The molecule has 1 fully saturated rings. The van der Waals surface area contributed by atoms with Gasteiger partial charge in [0.1, 0.15) is 0 Å². The largest absolute Gasteiger partial charge is 0.337 e. The minimum atomic E-state index is -3.83. The third-order valence-electron chi connectivity index (χ3n) is 4.25. The van der Waals surface area contributed by atoms with Crippen molar-refractivity contribution in [2.75, 3.05) is 17.8 Å². The van der Waals surface area contributed by atoms with Crippen LogP contribution < -0.4 is 10.5 Å². The second kappa shape index (κ2) is 7.65. The van der Waals surface area contributed by atoms with Gasteiger partial charge in [-0.05, 0) is 43.2 Å². The van der Waals surface area contributed by atoms with Crippen LogP contribution in [0.3, 0.4) is 0 Å². The molecule has 1 amide bonds. The average molecular weight is 394 g/mol. The molecule has 0 saturated carbocycles. The van der Waals surface area contributed by atoms with Crippen molar-refractivity contribution >= 4 is 33.2 Å². The lowest BCUT2D eigenvalue weighted by Crippen LogP contribution is -2.45. The van der Waals surface area contributed by atoms with Crippen molar-refractivity contribution in [1.82, 2.24) is 4.90 Å². The Morgan fingerprint density at radius 3 is 2.62 bits per heavy atom. The van der Waals surface area contributed by atoms with Gasteiger partial charge in [-0.25, -0.2) is 8.42 Å². The maximum absolute atomic E-state index is 12.9. The highest BCUT2D eigenvalue weighted by Gasteiger charge is 2.26. The summed E-state index contributed by atoms with van der Waals surface area (Å²) in [7, 11) is -3.83. The summed E-state index contributed by atoms with van der Waals surface area (Å²) in [6.45, 7) is 1.05. The standard InChI is InChI=1S/C18H20ClN3O3S/c19-13-8-9-16(18(23)22-10-4-5-14(20)12-22)17(11-13)21-26(24,25)15-6-2-1-3-7-15/h1-3,6-9,11,14,21H,4-5,10,12,20H2. The van der Waals surface area contributed by atoms with Gasteiger partial charge in [0.25, 0.3) is 15.9 Å². The van der Waals surface area contributed by atoms with Crippen LogP contribution >= 0.6 is 11.6 Å². The van der Waals surface area contributed by atoms with Crippen molar-refractivity contribution in [3.8, 4) is 0 Å². The predicted octanol–water partition coefficient (Wildman–Crippen LogP) is 2.70. The Hall–Kier alpha value is -2.09. The monoisotopic (exact) mass is 393 g/mol. The fraction of sp³-hybridized carbons (Fsp3) is 0.278. The zero-order chi connectivity index (χ0) is 18.7. The van der Waals surface area contributed by atoms with Gasteiger partial charge in [0.2, 0.25) is 0 Å². The van der Waals surface area contributed by atoms with Gasteiger partial charge >= 0.3 is 0 Å². The van der Waals surface area contributed by atoms with Crippen molar-refractivity contribution in [3.05, 3.63) is 59.1 Å². The molecule has 0 spiro atoms. The van der Waals surface area contributed by atoms with Gasteiger partial charge in [-0.3, -0.25) is 9.52 Å². The quantitative estimate of drug-likeness (QED) is 0.835. The number of nitrogens with zero attached hydrogens (tertiary/aromatic N) is 1. The van der Waals surface area contributed by atoms with Crippen molar-refractivity contribution < 1.29 is 13.2 Å². The normalized spacial score (nSPS) is 17.8. The molecule has 0 aliphatic carbocycles. The van der Waals surface area contributed by atoms with Crippen LogP contribution in [0.15, 0.2) is 53.4 Å². The van der Waals surface area contributed by atoms with Gasteiger partial charge in [-0.2, -0.15) is 0 Å². The predicted molar refractivity (Wildman–Crippen MR) is 102 cm³/mol. The highest BCUT2D eigenvalue weighted by molar-refractivity contribution is 7.92. The molecule has 6 nitrogen and oxygen atoms in total. The Labute approximate surface area is 158 Å². The summed E-state index contributed by atoms with van der Waals surface area (Å²) in [4.78, 5) is 14.7. The number of carbonyl (C=O) groups is 1. The number of carbonyl (C=O) groups excluding carboxylic acids is 1. The van der Waals surface area contributed by atoms with E-state index in [4.69, 9.17) is 17.3 Å². The molecule has 1 saturated heterocycles. The lowest BCUT2D eigenvalue weighted by Gasteiger charge is -2.31. The van der Waals surface area contributed by atoms with Crippen LogP contribution in [0, 0.1) is 0 Å². The second-order valence-corrected chi connectivity index (χ2v) is 8.38. The van der Waals surface area contributed by atoms with Gasteiger partial charge in [0, 0.05) is 24.2 Å². The van der Waals surface area contributed by atoms with Gasteiger partial charge in [-0.1, -0.05) is 29.8 Å². The summed E-state index contributed by atoms with van der Waals surface area (Å²) in [5.74, 6) is -0.262. The topological polar surface area (TPSA) is 92.5 Å². The highest BCUT2D eigenvalue weighted by atomic mass is 35.5. The van der Waals surface area contributed by atoms with Gasteiger partial charge in [0.05, 0.1) is 16.1 Å². The number of nitrogens with two attached hydrogens (primary N) is 1. The molecule has 1 aliphatic heterocycles. The highest BCUT2D eigenvalue weighted by Crippen LogP contribution is 2.26. The van der Waals surface area contributed by atoms with E-state index in [2.05, 4.69) is 4.72 Å². The number of benzene rings is 2. The number of sulfonamides is 1. The van der Waals surface area contributed by atoms with Crippen molar-refractivity contribution in [2.45, 2.75) is 23.8 Å². The minimum absolute atomic E-state index is 0.0653. The first-order chi connectivity index (χ1) is 12.4. The molecule has 1 heterocycles. The number of nitrogens with one attached hydrogen (secondary N) is 1. The molecule has 3 rings (SSSR count). The molecule has 26 heavy (non-hydrogen) atoms. The van der Waals surface area contributed by atoms with E-state index in [1.54, 1.807) is 29.2 Å². The maximum atomic E-state index is 12.9. The molecule has 3 N–H and O–H groups in total. The number of anilines is 1. The Bertz CT molecular complexity index is 903. The van der Waals surface area contributed by atoms with Crippen LogP contribution in [-0.4, -0.2) is 38.4 Å². The van der Waals surface area contributed by atoms with Gasteiger partial charge in [-0.15, -0.1) is 0 Å². The number of likely N-dealkylation sites (tertiary alicyclic amines) is 1. The summed E-state index contributed by atoms with van der Waals surface area (Å²) in [5.41, 5.74) is 6.37. The van der Waals surface area contributed by atoms with Crippen LogP contribution in [0.25, 0.3) is 0 Å². The van der Waals surface area contributed by atoms with E-state index in [1.807, 2.05) is 0 Å². The van der Waals surface area contributed by atoms with Crippen molar-refractivity contribution in [3.63, 3.8) is 0 Å². The third-order valence-corrected chi connectivity index (χ3v) is 5.87. The zero-order valence-electron chi connectivity index (χ0n) is 14.1. The van der Waals surface area contributed by atoms with Gasteiger partial charge in [0.15, 0.2) is 0 Å². The molecule has 0 aromatic heterocycles. The molecule has 2 aromatic rings. The summed E-state index contributed by atoms with van der Waals surface area (Å²) in [6, 6.07) is 12.4. The molecule has 8 heteroatoms. The van der Waals surface area contributed by atoms with E-state index in [0.717, 1.165) is 12.8 Å². The molecule has 1 aliphatic rings. The van der Waals surface area contributed by atoms with E-state index in [1.165, 1.54) is 24.3 Å². The van der Waals surface area contributed by atoms with Crippen LogP contribution in [0.4, 0.5) is 5.69 Å². The Balaban J connectivity index is 1.92. The molecule has 138 valence electrons. The summed E-state index contributed by atoms with van der Waals surface area (Å²) in [6.07, 6.45) is 1.70. The molecule has 0 radical (unpaired) electrons. The van der Waals surface area contributed by atoms with Crippen LogP contribution in [0.2, 0.25) is 5.02 Å². The number of hydrogen-bond acceptors (Lipinski definition) is 4. The van der Waals surface area contributed by atoms with Crippen molar-refractivity contribution in [1.29, 1.82) is 0 Å². The fourth-order valence-electron chi connectivity index (χ4n) is 2.96. The Morgan fingerprint density at radius 2 is 1.92 bits per heavy atom. The van der Waals surface area contributed by atoms with E-state index >= 15 is 0 Å². The van der Waals surface area contributed by atoms with E-state index in [-0.39, 0.29) is 28.1 Å². The number of rotatable bonds is 4. The summed E-state index contributed by atoms with van der Waals surface area (Å²) in [5, 5.41) is 0.336. The first-order valence-electron chi connectivity index (χ1n) is 8.29. The smallest absolute Gasteiger partial charge is 0.261 e. The number of amides is 1. The van der Waals surface area contributed by atoms with Crippen LogP contribution in [-0.2, 0) is 10.0 Å². The first kappa shape index (κ1) is 18.7. The molecule has 0 bridgehead atoms. The van der Waals surface area contributed by atoms with Crippen LogP contribution in [0.5, 0.6) is 0 Å². The summed E-state index contributed by atoms with van der Waals surface area (Å²) < 4.78 is 27.7. The third kappa shape index (κ3) is 4.17. The van der Waals surface area contributed by atoms with E-state index < -0.39 is 10.0 Å². The number of piperidine rings is 1. The number of hydrogen-bond donors (Lipinski definition) is 2. The van der Waals surface area contributed by atoms with E-state index in [9.17, 15) is 13.2 Å². The minimum Gasteiger partial charge on any atom is -0.337 e. The summed E-state index contributed by atoms with van der Waals surface area (Å²) >= 11 is 6.03. The lowest BCUT2D eigenvalue weighted by molar-refractivity contribution is 0.0710. The molecular weight excluding hydrogens is 374 g/mol. The lowest BCUT2D eigenvalue weighted by atomic mass is 10.0. The number of halogens is 1. The zero-order valence-corrected chi connectivity index (χ0v) is 15.6.